The van der Waals surface area contributed by atoms with E-state index in [4.69, 9.17) is 5.73 Å². The molecule has 2 nitrogen and oxygen atoms in total. The van der Waals surface area contributed by atoms with Crippen LogP contribution in [0.1, 0.15) is 59.3 Å². The average Bonchev–Trinajstić information content (AvgIpc) is 2.77. The molecule has 2 aliphatic rings. The topological polar surface area (TPSA) is 29.3 Å². The zero-order valence-electron chi connectivity index (χ0n) is 11.9. The van der Waals surface area contributed by atoms with E-state index >= 15 is 0 Å². The molecule has 1 heterocycles. The SMILES string of the molecule is CCC1CCCN1C1CC(C(C)C)CCC1N. The van der Waals surface area contributed by atoms with E-state index in [1.165, 1.54) is 45.1 Å². The van der Waals surface area contributed by atoms with Crippen molar-refractivity contribution in [3.05, 3.63) is 0 Å². The molecule has 2 rings (SSSR count). The number of nitrogens with zero attached hydrogens (tertiary/aromatic N) is 1. The lowest BCUT2D eigenvalue weighted by molar-refractivity contribution is 0.0851. The van der Waals surface area contributed by atoms with Crippen molar-refractivity contribution >= 4 is 0 Å². The standard InChI is InChI=1S/C15H30N2/c1-4-13-6-5-9-17(13)15-10-12(11(2)3)7-8-14(15)16/h11-15H,4-10,16H2,1-3H3. The summed E-state index contributed by atoms with van der Waals surface area (Å²) in [7, 11) is 0. The molecule has 100 valence electrons. The number of hydrogen-bond acceptors (Lipinski definition) is 2. The van der Waals surface area contributed by atoms with Crippen LogP contribution in [0.15, 0.2) is 0 Å². The fourth-order valence-corrected chi connectivity index (χ4v) is 3.92. The lowest BCUT2D eigenvalue weighted by atomic mass is 9.76. The van der Waals surface area contributed by atoms with Crippen molar-refractivity contribution < 1.29 is 0 Å². The summed E-state index contributed by atoms with van der Waals surface area (Å²) in [6.45, 7) is 8.37. The van der Waals surface area contributed by atoms with E-state index in [1.54, 1.807) is 0 Å². The van der Waals surface area contributed by atoms with Gasteiger partial charge < -0.3 is 5.73 Å². The molecule has 2 N–H and O–H groups in total. The third kappa shape index (κ3) is 2.85. The monoisotopic (exact) mass is 238 g/mol. The van der Waals surface area contributed by atoms with E-state index in [1.807, 2.05) is 0 Å². The zero-order valence-corrected chi connectivity index (χ0v) is 11.9. The molecule has 17 heavy (non-hydrogen) atoms. The van der Waals surface area contributed by atoms with Crippen LogP contribution in [0.4, 0.5) is 0 Å². The summed E-state index contributed by atoms with van der Waals surface area (Å²) in [5.74, 6) is 1.73. The molecule has 1 aliphatic carbocycles. The van der Waals surface area contributed by atoms with Gasteiger partial charge in [0.2, 0.25) is 0 Å². The van der Waals surface area contributed by atoms with Crippen LogP contribution in [-0.2, 0) is 0 Å². The average molecular weight is 238 g/mol. The molecule has 2 heteroatoms. The maximum atomic E-state index is 6.40. The highest BCUT2D eigenvalue weighted by Crippen LogP contribution is 2.35. The maximum absolute atomic E-state index is 6.40. The Hall–Kier alpha value is -0.0800. The third-order valence-corrected chi connectivity index (χ3v) is 5.17. The van der Waals surface area contributed by atoms with Crippen LogP contribution in [0.5, 0.6) is 0 Å². The van der Waals surface area contributed by atoms with Gasteiger partial charge in [0.15, 0.2) is 0 Å². The van der Waals surface area contributed by atoms with Crippen LogP contribution in [0, 0.1) is 11.8 Å². The minimum atomic E-state index is 0.428. The Bertz CT molecular complexity index is 239. The van der Waals surface area contributed by atoms with Crippen LogP contribution < -0.4 is 5.73 Å². The molecule has 0 spiro atoms. The quantitative estimate of drug-likeness (QED) is 0.819. The maximum Gasteiger partial charge on any atom is 0.0252 e. The lowest BCUT2D eigenvalue weighted by Gasteiger charge is -2.43. The normalized spacial score (nSPS) is 40.1. The number of hydrogen-bond donors (Lipinski definition) is 1. The summed E-state index contributed by atoms with van der Waals surface area (Å²) < 4.78 is 0. The Kier molecular flexibility index (Phi) is 4.48. The first-order valence-corrected chi connectivity index (χ1v) is 7.64. The number of likely N-dealkylation sites (tertiary alicyclic amines) is 1. The van der Waals surface area contributed by atoms with Crippen molar-refractivity contribution in [2.24, 2.45) is 17.6 Å². The minimum Gasteiger partial charge on any atom is -0.326 e. The van der Waals surface area contributed by atoms with Crippen LogP contribution in [-0.4, -0.2) is 29.6 Å². The van der Waals surface area contributed by atoms with Gasteiger partial charge >= 0.3 is 0 Å². The van der Waals surface area contributed by atoms with Crippen LogP contribution >= 0.6 is 0 Å². The summed E-state index contributed by atoms with van der Waals surface area (Å²) in [5, 5.41) is 0. The molecule has 0 aromatic rings. The predicted molar refractivity (Wildman–Crippen MR) is 74.0 cm³/mol. The summed E-state index contributed by atoms with van der Waals surface area (Å²) in [5.41, 5.74) is 6.40. The third-order valence-electron chi connectivity index (χ3n) is 5.17. The molecule has 0 amide bonds. The van der Waals surface area contributed by atoms with Gasteiger partial charge in [-0.1, -0.05) is 20.8 Å². The van der Waals surface area contributed by atoms with Crippen LogP contribution in [0.25, 0.3) is 0 Å². The van der Waals surface area contributed by atoms with Gasteiger partial charge in [-0.15, -0.1) is 0 Å². The van der Waals surface area contributed by atoms with Gasteiger partial charge in [-0.3, -0.25) is 4.90 Å². The minimum absolute atomic E-state index is 0.428. The second-order valence-electron chi connectivity index (χ2n) is 6.49. The largest absolute Gasteiger partial charge is 0.326 e. The van der Waals surface area contributed by atoms with Gasteiger partial charge in [-0.2, -0.15) is 0 Å². The van der Waals surface area contributed by atoms with E-state index in [0.29, 0.717) is 12.1 Å². The fraction of sp³-hybridized carbons (Fsp3) is 1.00. The van der Waals surface area contributed by atoms with E-state index < -0.39 is 0 Å². The van der Waals surface area contributed by atoms with Crippen LogP contribution in [0.2, 0.25) is 0 Å². The summed E-state index contributed by atoms with van der Waals surface area (Å²) in [6, 6.07) is 1.91. The van der Waals surface area contributed by atoms with Crippen molar-refractivity contribution in [2.45, 2.75) is 77.4 Å². The Morgan fingerprint density at radius 2 is 2.00 bits per heavy atom. The summed E-state index contributed by atoms with van der Waals surface area (Å²) >= 11 is 0. The Morgan fingerprint density at radius 3 is 2.65 bits per heavy atom. The Balaban J connectivity index is 2.01. The summed E-state index contributed by atoms with van der Waals surface area (Å²) in [4.78, 5) is 2.75. The molecular weight excluding hydrogens is 208 g/mol. The van der Waals surface area contributed by atoms with Crippen molar-refractivity contribution in [1.29, 1.82) is 0 Å². The predicted octanol–water partition coefficient (Wildman–Crippen LogP) is 3.01. The molecule has 1 aliphatic heterocycles. The number of rotatable bonds is 3. The smallest absolute Gasteiger partial charge is 0.0252 e. The van der Waals surface area contributed by atoms with Crippen molar-refractivity contribution in [2.75, 3.05) is 6.54 Å². The highest BCUT2D eigenvalue weighted by atomic mass is 15.2. The molecule has 0 bridgehead atoms. The van der Waals surface area contributed by atoms with Gasteiger partial charge in [-0.05, 0) is 56.9 Å². The molecule has 1 saturated carbocycles. The van der Waals surface area contributed by atoms with Gasteiger partial charge in [0.25, 0.3) is 0 Å². The molecule has 4 atom stereocenters. The molecule has 0 radical (unpaired) electrons. The Labute approximate surface area is 107 Å². The second-order valence-corrected chi connectivity index (χ2v) is 6.49. The van der Waals surface area contributed by atoms with Gasteiger partial charge in [0, 0.05) is 18.1 Å². The van der Waals surface area contributed by atoms with Crippen molar-refractivity contribution in [3.63, 3.8) is 0 Å². The molecule has 4 unspecified atom stereocenters. The van der Waals surface area contributed by atoms with Crippen molar-refractivity contribution in [1.82, 2.24) is 4.90 Å². The van der Waals surface area contributed by atoms with Crippen molar-refractivity contribution in [3.8, 4) is 0 Å². The summed E-state index contributed by atoms with van der Waals surface area (Å²) in [6.07, 6.45) is 8.01. The fourth-order valence-electron chi connectivity index (χ4n) is 3.92. The first kappa shape index (κ1) is 13.4. The highest BCUT2D eigenvalue weighted by Gasteiger charge is 2.37. The van der Waals surface area contributed by atoms with Gasteiger partial charge in [0.1, 0.15) is 0 Å². The Morgan fingerprint density at radius 1 is 1.24 bits per heavy atom. The zero-order chi connectivity index (χ0) is 12.4. The van der Waals surface area contributed by atoms with E-state index in [9.17, 15) is 0 Å². The molecule has 1 saturated heterocycles. The van der Waals surface area contributed by atoms with E-state index in [0.717, 1.165) is 17.9 Å². The lowest BCUT2D eigenvalue weighted by Crippen LogP contribution is -2.53. The van der Waals surface area contributed by atoms with Crippen LogP contribution in [0.3, 0.4) is 0 Å². The molecule has 2 fully saturated rings. The second kappa shape index (κ2) is 5.71. The molecular formula is C15H30N2. The molecule has 0 aromatic heterocycles. The van der Waals surface area contributed by atoms with Gasteiger partial charge in [-0.25, -0.2) is 0 Å². The van der Waals surface area contributed by atoms with E-state index in [-0.39, 0.29) is 0 Å². The first-order valence-electron chi connectivity index (χ1n) is 7.64. The number of nitrogens with two attached hydrogens (primary N) is 1. The van der Waals surface area contributed by atoms with E-state index in [2.05, 4.69) is 25.7 Å². The first-order chi connectivity index (χ1) is 8.13. The van der Waals surface area contributed by atoms with Gasteiger partial charge in [0.05, 0.1) is 0 Å². The highest BCUT2D eigenvalue weighted by molar-refractivity contribution is 4.94. The molecule has 0 aromatic carbocycles.